The molecule has 0 aliphatic carbocycles. The molecule has 0 atom stereocenters. The molecule has 0 saturated carbocycles. The fourth-order valence-electron chi connectivity index (χ4n) is 0.855. The van der Waals surface area contributed by atoms with Crippen LogP contribution in [0, 0.1) is 0 Å². The Morgan fingerprint density at radius 2 is 1.69 bits per heavy atom. The van der Waals surface area contributed by atoms with Gasteiger partial charge in [-0.15, -0.1) is 0 Å². The highest BCUT2D eigenvalue weighted by Crippen LogP contribution is 2.24. The predicted molar refractivity (Wildman–Crippen MR) is 59.2 cm³/mol. The van der Waals surface area contributed by atoms with E-state index >= 15 is 0 Å². The summed E-state index contributed by atoms with van der Waals surface area (Å²) in [6, 6.07) is 5.80. The first-order chi connectivity index (χ1) is 6.22. The number of benzene rings is 1. The Morgan fingerprint density at radius 3 is 2.23 bits per heavy atom. The first kappa shape index (κ1) is 11.0. The van der Waals surface area contributed by atoms with Crippen molar-refractivity contribution in [3.63, 3.8) is 0 Å². The smallest absolute Gasteiger partial charge is 0.121 e. The number of hydrogen-bond donors (Lipinski definition) is 0. The Bertz CT molecular complexity index is 256. The Kier molecular flexibility index (Phi) is 4.77. The van der Waals surface area contributed by atoms with Gasteiger partial charge in [0.25, 0.3) is 0 Å². The SMILES string of the molecule is COCCOc1cc(Br)cc(Br)c1. The van der Waals surface area contributed by atoms with Crippen LogP contribution in [0.1, 0.15) is 0 Å². The van der Waals surface area contributed by atoms with Gasteiger partial charge in [0.05, 0.1) is 6.61 Å². The van der Waals surface area contributed by atoms with E-state index in [1.54, 1.807) is 7.11 Å². The number of ether oxygens (including phenoxy) is 2. The van der Waals surface area contributed by atoms with Gasteiger partial charge in [0.15, 0.2) is 0 Å². The molecule has 2 nitrogen and oxygen atoms in total. The highest BCUT2D eigenvalue weighted by atomic mass is 79.9. The molecule has 0 aliphatic heterocycles. The molecular weight excluding hydrogens is 300 g/mol. The molecule has 4 heteroatoms. The van der Waals surface area contributed by atoms with Gasteiger partial charge in [-0.25, -0.2) is 0 Å². The molecule has 72 valence electrons. The van der Waals surface area contributed by atoms with E-state index in [2.05, 4.69) is 31.9 Å². The molecule has 0 fully saturated rings. The zero-order valence-electron chi connectivity index (χ0n) is 7.22. The van der Waals surface area contributed by atoms with Crippen molar-refractivity contribution >= 4 is 31.9 Å². The summed E-state index contributed by atoms with van der Waals surface area (Å²) in [6.45, 7) is 1.17. The van der Waals surface area contributed by atoms with Crippen molar-refractivity contribution in [2.24, 2.45) is 0 Å². The normalized spacial score (nSPS) is 10.1. The van der Waals surface area contributed by atoms with E-state index in [9.17, 15) is 0 Å². The summed E-state index contributed by atoms with van der Waals surface area (Å²) >= 11 is 6.76. The van der Waals surface area contributed by atoms with E-state index in [4.69, 9.17) is 9.47 Å². The van der Waals surface area contributed by atoms with Gasteiger partial charge in [-0.2, -0.15) is 0 Å². The molecule has 0 saturated heterocycles. The van der Waals surface area contributed by atoms with E-state index in [0.717, 1.165) is 14.7 Å². The van der Waals surface area contributed by atoms with E-state index in [-0.39, 0.29) is 0 Å². The third kappa shape index (κ3) is 4.11. The zero-order chi connectivity index (χ0) is 9.68. The van der Waals surface area contributed by atoms with Gasteiger partial charge in [-0.1, -0.05) is 31.9 Å². The standard InChI is InChI=1S/C9H10Br2O2/c1-12-2-3-13-9-5-7(10)4-8(11)6-9/h4-6H,2-3H2,1H3. The largest absolute Gasteiger partial charge is 0.491 e. The molecule has 0 radical (unpaired) electrons. The third-order valence-corrected chi connectivity index (χ3v) is 2.31. The molecule has 0 unspecified atom stereocenters. The lowest BCUT2D eigenvalue weighted by molar-refractivity contribution is 0.146. The molecule has 0 heterocycles. The lowest BCUT2D eigenvalue weighted by Crippen LogP contribution is -2.04. The summed E-state index contributed by atoms with van der Waals surface area (Å²) in [4.78, 5) is 0. The van der Waals surface area contributed by atoms with Gasteiger partial charge in [0.1, 0.15) is 12.4 Å². The summed E-state index contributed by atoms with van der Waals surface area (Å²) in [6.07, 6.45) is 0. The van der Waals surface area contributed by atoms with Crippen molar-refractivity contribution in [1.82, 2.24) is 0 Å². The van der Waals surface area contributed by atoms with Gasteiger partial charge in [-0.05, 0) is 18.2 Å². The fraction of sp³-hybridized carbons (Fsp3) is 0.333. The van der Waals surface area contributed by atoms with Crippen LogP contribution < -0.4 is 4.74 Å². The van der Waals surface area contributed by atoms with Crippen LogP contribution in [0.25, 0.3) is 0 Å². The Labute approximate surface area is 94.5 Å². The van der Waals surface area contributed by atoms with Crippen LogP contribution in [-0.4, -0.2) is 20.3 Å². The van der Waals surface area contributed by atoms with Crippen LogP contribution in [0.3, 0.4) is 0 Å². The van der Waals surface area contributed by atoms with E-state index in [0.29, 0.717) is 13.2 Å². The molecule has 0 amide bonds. The van der Waals surface area contributed by atoms with Crippen molar-refractivity contribution in [2.45, 2.75) is 0 Å². The Morgan fingerprint density at radius 1 is 1.08 bits per heavy atom. The minimum absolute atomic E-state index is 0.569. The Balaban J connectivity index is 2.56. The predicted octanol–water partition coefficient (Wildman–Crippen LogP) is 3.24. The molecule has 0 spiro atoms. The van der Waals surface area contributed by atoms with E-state index in [1.807, 2.05) is 18.2 Å². The molecule has 0 aliphatic rings. The average Bonchev–Trinajstić information content (AvgIpc) is 2.03. The highest BCUT2D eigenvalue weighted by Gasteiger charge is 1.97. The second kappa shape index (κ2) is 5.62. The molecule has 0 N–H and O–H groups in total. The number of halogens is 2. The van der Waals surface area contributed by atoms with Crippen LogP contribution in [-0.2, 0) is 4.74 Å². The molecule has 0 aromatic heterocycles. The van der Waals surface area contributed by atoms with Gasteiger partial charge in [0, 0.05) is 16.1 Å². The molecule has 0 bridgehead atoms. The molecular formula is C9H10Br2O2. The quantitative estimate of drug-likeness (QED) is 0.795. The molecule has 1 aromatic rings. The van der Waals surface area contributed by atoms with Crippen LogP contribution in [0.15, 0.2) is 27.1 Å². The van der Waals surface area contributed by atoms with E-state index in [1.165, 1.54) is 0 Å². The summed E-state index contributed by atoms with van der Waals surface area (Å²) in [5, 5.41) is 0. The van der Waals surface area contributed by atoms with Crippen LogP contribution in [0.2, 0.25) is 0 Å². The second-order valence-corrected chi connectivity index (χ2v) is 4.28. The van der Waals surface area contributed by atoms with Gasteiger partial charge >= 0.3 is 0 Å². The van der Waals surface area contributed by atoms with Gasteiger partial charge < -0.3 is 9.47 Å². The number of hydrogen-bond acceptors (Lipinski definition) is 2. The van der Waals surface area contributed by atoms with Crippen molar-refractivity contribution in [3.05, 3.63) is 27.1 Å². The first-order valence-corrected chi connectivity index (χ1v) is 5.39. The van der Waals surface area contributed by atoms with Crippen molar-refractivity contribution in [2.75, 3.05) is 20.3 Å². The topological polar surface area (TPSA) is 18.5 Å². The lowest BCUT2D eigenvalue weighted by Gasteiger charge is -2.06. The fourth-order valence-corrected chi connectivity index (χ4v) is 2.11. The minimum atomic E-state index is 0.569. The molecule has 1 rings (SSSR count). The number of methoxy groups -OCH3 is 1. The number of rotatable bonds is 4. The van der Waals surface area contributed by atoms with Gasteiger partial charge in [0.2, 0.25) is 0 Å². The zero-order valence-corrected chi connectivity index (χ0v) is 10.4. The second-order valence-electron chi connectivity index (χ2n) is 2.45. The minimum Gasteiger partial charge on any atom is -0.491 e. The molecule has 1 aromatic carbocycles. The van der Waals surface area contributed by atoms with Crippen LogP contribution in [0.4, 0.5) is 0 Å². The maximum atomic E-state index is 5.42. The summed E-state index contributed by atoms with van der Waals surface area (Å²) in [7, 11) is 1.65. The third-order valence-electron chi connectivity index (χ3n) is 1.39. The van der Waals surface area contributed by atoms with Gasteiger partial charge in [-0.3, -0.25) is 0 Å². The van der Waals surface area contributed by atoms with Crippen molar-refractivity contribution in [3.8, 4) is 5.75 Å². The lowest BCUT2D eigenvalue weighted by atomic mass is 10.3. The average molecular weight is 310 g/mol. The monoisotopic (exact) mass is 308 g/mol. The summed E-state index contributed by atoms with van der Waals surface area (Å²) in [5.74, 6) is 0.832. The maximum Gasteiger partial charge on any atom is 0.121 e. The first-order valence-electron chi connectivity index (χ1n) is 3.80. The van der Waals surface area contributed by atoms with Crippen molar-refractivity contribution in [1.29, 1.82) is 0 Å². The highest BCUT2D eigenvalue weighted by molar-refractivity contribution is 9.11. The van der Waals surface area contributed by atoms with E-state index < -0.39 is 0 Å². The van der Waals surface area contributed by atoms with Crippen LogP contribution in [0.5, 0.6) is 5.75 Å². The summed E-state index contributed by atoms with van der Waals surface area (Å²) in [5.41, 5.74) is 0. The summed E-state index contributed by atoms with van der Waals surface area (Å²) < 4.78 is 12.3. The maximum absolute atomic E-state index is 5.42. The van der Waals surface area contributed by atoms with Crippen LogP contribution >= 0.6 is 31.9 Å². The Hall–Kier alpha value is -0.0600. The van der Waals surface area contributed by atoms with Crippen molar-refractivity contribution < 1.29 is 9.47 Å². The molecule has 13 heavy (non-hydrogen) atoms.